The van der Waals surface area contributed by atoms with Crippen LogP contribution in [0.3, 0.4) is 0 Å². The molecule has 0 aliphatic heterocycles. The van der Waals surface area contributed by atoms with Gasteiger partial charge in [-0.05, 0) is 12.5 Å². The first-order chi connectivity index (χ1) is 8.43. The summed E-state index contributed by atoms with van der Waals surface area (Å²) in [6.45, 7) is 3.29. The Hall–Kier alpha value is -1.21. The van der Waals surface area contributed by atoms with Crippen molar-refractivity contribution in [3.8, 4) is 0 Å². The molecule has 0 unspecified atom stereocenters. The SMILES string of the molecule is CCN(CCCNc1ccnc(F)c1)S(C)(=O)=O. The molecule has 0 saturated carbocycles. The lowest BCUT2D eigenvalue weighted by molar-refractivity contribution is 0.429. The van der Waals surface area contributed by atoms with E-state index in [0.29, 0.717) is 31.7 Å². The van der Waals surface area contributed by atoms with Gasteiger partial charge in [-0.15, -0.1) is 0 Å². The zero-order valence-electron chi connectivity index (χ0n) is 10.6. The Morgan fingerprint density at radius 3 is 2.78 bits per heavy atom. The first-order valence-electron chi connectivity index (χ1n) is 5.74. The number of nitrogens with zero attached hydrogens (tertiary/aromatic N) is 2. The molecule has 1 aromatic rings. The van der Waals surface area contributed by atoms with E-state index in [-0.39, 0.29) is 0 Å². The molecule has 1 heterocycles. The fraction of sp³-hybridized carbons (Fsp3) is 0.545. The molecule has 0 fully saturated rings. The summed E-state index contributed by atoms with van der Waals surface area (Å²) in [5.41, 5.74) is 0.643. The first kappa shape index (κ1) is 14.8. The molecule has 0 aliphatic rings. The van der Waals surface area contributed by atoms with Crippen LogP contribution < -0.4 is 5.32 Å². The van der Waals surface area contributed by atoms with Gasteiger partial charge in [-0.25, -0.2) is 17.7 Å². The van der Waals surface area contributed by atoms with Gasteiger partial charge in [0.05, 0.1) is 6.26 Å². The van der Waals surface area contributed by atoms with Gasteiger partial charge in [0.25, 0.3) is 0 Å². The van der Waals surface area contributed by atoms with E-state index in [9.17, 15) is 12.8 Å². The smallest absolute Gasteiger partial charge is 0.214 e. The van der Waals surface area contributed by atoms with E-state index in [2.05, 4.69) is 10.3 Å². The molecule has 0 spiro atoms. The zero-order valence-corrected chi connectivity index (χ0v) is 11.4. The molecule has 18 heavy (non-hydrogen) atoms. The summed E-state index contributed by atoms with van der Waals surface area (Å²) in [6.07, 6.45) is 3.24. The van der Waals surface area contributed by atoms with Crippen molar-refractivity contribution in [3.63, 3.8) is 0 Å². The van der Waals surface area contributed by atoms with Crippen LogP contribution in [0.4, 0.5) is 10.1 Å². The van der Waals surface area contributed by atoms with Crippen molar-refractivity contribution in [3.05, 3.63) is 24.3 Å². The molecule has 0 radical (unpaired) electrons. The average Bonchev–Trinajstić information content (AvgIpc) is 2.27. The van der Waals surface area contributed by atoms with Crippen LogP contribution in [-0.4, -0.2) is 43.6 Å². The normalized spacial score (nSPS) is 11.8. The fourth-order valence-electron chi connectivity index (χ4n) is 1.56. The summed E-state index contributed by atoms with van der Waals surface area (Å²) >= 11 is 0. The van der Waals surface area contributed by atoms with E-state index in [1.165, 1.54) is 22.8 Å². The third-order valence-electron chi connectivity index (χ3n) is 2.46. The van der Waals surface area contributed by atoms with Crippen LogP contribution in [0.25, 0.3) is 0 Å². The molecule has 5 nitrogen and oxygen atoms in total. The fourth-order valence-corrected chi connectivity index (χ4v) is 2.49. The minimum absolute atomic E-state index is 0.454. The third-order valence-corrected chi connectivity index (χ3v) is 3.84. The van der Waals surface area contributed by atoms with Gasteiger partial charge in [-0.2, -0.15) is 4.39 Å². The Balaban J connectivity index is 2.35. The van der Waals surface area contributed by atoms with E-state index >= 15 is 0 Å². The second kappa shape index (κ2) is 6.65. The largest absolute Gasteiger partial charge is 0.385 e. The lowest BCUT2D eigenvalue weighted by Gasteiger charge is -2.17. The van der Waals surface area contributed by atoms with Gasteiger partial charge in [0.15, 0.2) is 0 Å². The summed E-state index contributed by atoms with van der Waals surface area (Å²) in [7, 11) is -3.13. The third kappa shape index (κ3) is 4.97. The number of aromatic nitrogens is 1. The van der Waals surface area contributed by atoms with E-state index in [4.69, 9.17) is 0 Å². The zero-order chi connectivity index (χ0) is 13.6. The van der Waals surface area contributed by atoms with Gasteiger partial charge < -0.3 is 5.32 Å². The second-order valence-corrected chi connectivity index (χ2v) is 5.88. The first-order valence-corrected chi connectivity index (χ1v) is 7.59. The van der Waals surface area contributed by atoms with Gasteiger partial charge in [-0.3, -0.25) is 0 Å². The second-order valence-electron chi connectivity index (χ2n) is 3.90. The number of hydrogen-bond acceptors (Lipinski definition) is 4. The average molecular weight is 275 g/mol. The van der Waals surface area contributed by atoms with E-state index in [1.54, 1.807) is 13.0 Å². The van der Waals surface area contributed by atoms with Gasteiger partial charge >= 0.3 is 0 Å². The molecule has 0 saturated heterocycles. The maximum Gasteiger partial charge on any atom is 0.214 e. The van der Waals surface area contributed by atoms with Crippen molar-refractivity contribution >= 4 is 15.7 Å². The summed E-state index contributed by atoms with van der Waals surface area (Å²) in [5, 5.41) is 3.01. The molecule has 7 heteroatoms. The number of sulfonamides is 1. The van der Waals surface area contributed by atoms with E-state index in [0.717, 1.165) is 0 Å². The van der Waals surface area contributed by atoms with Crippen molar-refractivity contribution < 1.29 is 12.8 Å². The van der Waals surface area contributed by atoms with Crippen molar-refractivity contribution in [2.24, 2.45) is 0 Å². The molecule has 1 aromatic heterocycles. The molecule has 1 N–H and O–H groups in total. The number of rotatable bonds is 7. The lowest BCUT2D eigenvalue weighted by Crippen LogP contribution is -2.31. The molecule has 0 amide bonds. The molecule has 0 bridgehead atoms. The Kier molecular flexibility index (Phi) is 5.49. The summed E-state index contributed by atoms with van der Waals surface area (Å²) in [5.74, 6) is -0.536. The van der Waals surface area contributed by atoms with Crippen LogP contribution in [0, 0.1) is 5.95 Å². The van der Waals surface area contributed by atoms with Crippen molar-refractivity contribution in [2.45, 2.75) is 13.3 Å². The molecule has 0 atom stereocenters. The van der Waals surface area contributed by atoms with E-state index in [1.807, 2.05) is 0 Å². The summed E-state index contributed by atoms with van der Waals surface area (Å²) < 4.78 is 36.8. The molecule has 0 aromatic carbocycles. The van der Waals surface area contributed by atoms with E-state index < -0.39 is 16.0 Å². The Morgan fingerprint density at radius 2 is 2.22 bits per heavy atom. The number of halogens is 1. The van der Waals surface area contributed by atoms with Crippen LogP contribution in [-0.2, 0) is 10.0 Å². The highest BCUT2D eigenvalue weighted by Gasteiger charge is 2.12. The van der Waals surface area contributed by atoms with Crippen LogP contribution in [0.5, 0.6) is 0 Å². The predicted molar refractivity (Wildman–Crippen MR) is 69.4 cm³/mol. The highest BCUT2D eigenvalue weighted by Crippen LogP contribution is 2.07. The summed E-state index contributed by atoms with van der Waals surface area (Å²) in [6, 6.07) is 2.96. The Bertz CT molecular complexity index is 479. The molecular weight excluding hydrogens is 257 g/mol. The highest BCUT2D eigenvalue weighted by molar-refractivity contribution is 7.88. The van der Waals surface area contributed by atoms with Crippen molar-refractivity contribution in [1.29, 1.82) is 0 Å². The minimum atomic E-state index is -3.13. The minimum Gasteiger partial charge on any atom is -0.385 e. The number of hydrogen-bond donors (Lipinski definition) is 1. The van der Waals surface area contributed by atoms with Crippen LogP contribution in [0.15, 0.2) is 18.3 Å². The standard InChI is InChI=1S/C11H18FN3O2S/c1-3-15(18(2,16)17)8-4-6-13-10-5-7-14-11(12)9-10/h5,7,9H,3-4,6,8H2,1-2H3,(H,13,14). The van der Waals surface area contributed by atoms with Crippen LogP contribution >= 0.6 is 0 Å². The Morgan fingerprint density at radius 1 is 1.50 bits per heavy atom. The maximum atomic E-state index is 12.8. The highest BCUT2D eigenvalue weighted by atomic mass is 32.2. The van der Waals surface area contributed by atoms with Crippen LogP contribution in [0.1, 0.15) is 13.3 Å². The van der Waals surface area contributed by atoms with Crippen LogP contribution in [0.2, 0.25) is 0 Å². The maximum absolute atomic E-state index is 12.8. The molecule has 0 aliphatic carbocycles. The molecular formula is C11H18FN3O2S. The predicted octanol–water partition coefficient (Wildman–Crippen LogP) is 1.30. The number of pyridine rings is 1. The number of anilines is 1. The van der Waals surface area contributed by atoms with Crippen molar-refractivity contribution in [1.82, 2.24) is 9.29 Å². The molecule has 102 valence electrons. The van der Waals surface area contributed by atoms with Gasteiger partial charge in [-0.1, -0.05) is 6.92 Å². The number of nitrogens with one attached hydrogen (secondary N) is 1. The molecule has 1 rings (SSSR count). The summed E-state index contributed by atoms with van der Waals surface area (Å²) in [4.78, 5) is 3.45. The van der Waals surface area contributed by atoms with Gasteiger partial charge in [0.1, 0.15) is 0 Å². The van der Waals surface area contributed by atoms with Gasteiger partial charge in [0.2, 0.25) is 16.0 Å². The van der Waals surface area contributed by atoms with Crippen molar-refractivity contribution in [2.75, 3.05) is 31.2 Å². The lowest BCUT2D eigenvalue weighted by atomic mass is 10.3. The van der Waals surface area contributed by atoms with Gasteiger partial charge in [0, 0.05) is 37.6 Å². The quantitative estimate of drug-likeness (QED) is 0.602. The Labute approximate surface area is 107 Å². The monoisotopic (exact) mass is 275 g/mol. The topological polar surface area (TPSA) is 62.3 Å².